The molecule has 2 atom stereocenters. The smallest absolute Gasteiger partial charge is 0.261 e. The van der Waals surface area contributed by atoms with Gasteiger partial charge in [-0.1, -0.05) is 12.1 Å². The van der Waals surface area contributed by atoms with Crippen molar-refractivity contribution in [3.05, 3.63) is 65.5 Å². The van der Waals surface area contributed by atoms with Crippen molar-refractivity contribution >= 4 is 11.8 Å². The van der Waals surface area contributed by atoms with Crippen molar-refractivity contribution in [3.8, 4) is 0 Å². The molecular formula is C19H21N3O3. The van der Waals surface area contributed by atoms with Gasteiger partial charge in [-0.2, -0.15) is 0 Å². The fourth-order valence-electron chi connectivity index (χ4n) is 3.06. The summed E-state index contributed by atoms with van der Waals surface area (Å²) < 4.78 is 0. The number of hydrogen-bond acceptors (Lipinski definition) is 5. The average molecular weight is 339 g/mol. The molecule has 2 heterocycles. The maximum Gasteiger partial charge on any atom is 0.261 e. The molecule has 0 aliphatic carbocycles. The lowest BCUT2D eigenvalue weighted by Crippen LogP contribution is -2.42. The molecule has 6 nitrogen and oxygen atoms in total. The average Bonchev–Trinajstić information content (AvgIpc) is 2.87. The Bertz CT molecular complexity index is 743. The van der Waals surface area contributed by atoms with Gasteiger partial charge in [-0.25, -0.2) is 0 Å². The number of hydrogen-bond donors (Lipinski definition) is 1. The van der Waals surface area contributed by atoms with Crippen LogP contribution in [-0.4, -0.2) is 57.9 Å². The van der Waals surface area contributed by atoms with E-state index < -0.39 is 6.10 Å². The van der Waals surface area contributed by atoms with Crippen LogP contribution in [0.25, 0.3) is 0 Å². The summed E-state index contributed by atoms with van der Waals surface area (Å²) in [5, 5.41) is 10.4. The molecule has 2 aromatic rings. The summed E-state index contributed by atoms with van der Waals surface area (Å²) in [6.45, 7) is 2.36. The van der Waals surface area contributed by atoms with E-state index in [-0.39, 0.29) is 24.4 Å². The van der Waals surface area contributed by atoms with Crippen molar-refractivity contribution in [1.29, 1.82) is 0 Å². The Kier molecular flexibility index (Phi) is 4.92. The number of aliphatic hydroxyl groups excluding tert-OH is 1. The summed E-state index contributed by atoms with van der Waals surface area (Å²) in [7, 11) is 1.90. The fourth-order valence-corrected chi connectivity index (χ4v) is 3.06. The predicted octanol–water partition coefficient (Wildman–Crippen LogP) is 1.73. The first-order chi connectivity index (χ1) is 12.0. The Morgan fingerprint density at radius 1 is 1.08 bits per heavy atom. The van der Waals surface area contributed by atoms with Crippen molar-refractivity contribution in [1.82, 2.24) is 14.8 Å². The first kappa shape index (κ1) is 17.3. The van der Waals surface area contributed by atoms with Crippen molar-refractivity contribution in [3.63, 3.8) is 0 Å². The standard InChI is InChI=1S/C19H21N3O3/c1-13(14-7-9-20-10-8-14)21(2)11-15(23)12-22-18(24)16-5-3-4-6-17(16)19(22)25/h3-10,13,15,23H,11-12H2,1-2H3/t13-,15+/m0/s1. The van der Waals surface area contributed by atoms with Crippen LogP contribution in [0.1, 0.15) is 39.2 Å². The minimum absolute atomic E-state index is 0.0141. The Hall–Kier alpha value is -2.57. The third kappa shape index (κ3) is 3.45. The van der Waals surface area contributed by atoms with Crippen molar-refractivity contribution in [2.45, 2.75) is 19.1 Å². The van der Waals surface area contributed by atoms with Crippen molar-refractivity contribution < 1.29 is 14.7 Å². The molecule has 1 aromatic carbocycles. The maximum atomic E-state index is 12.4. The van der Waals surface area contributed by atoms with Gasteiger partial charge in [0.2, 0.25) is 0 Å². The molecule has 0 saturated heterocycles. The van der Waals surface area contributed by atoms with Gasteiger partial charge in [-0.05, 0) is 43.8 Å². The Labute approximate surface area is 146 Å². The molecule has 6 heteroatoms. The summed E-state index contributed by atoms with van der Waals surface area (Å²) in [5.41, 5.74) is 1.89. The van der Waals surface area contributed by atoms with Gasteiger partial charge < -0.3 is 5.11 Å². The number of carbonyl (C=O) groups is 2. The third-order valence-corrected chi connectivity index (χ3v) is 4.62. The van der Waals surface area contributed by atoms with Gasteiger partial charge in [0, 0.05) is 25.0 Å². The summed E-state index contributed by atoms with van der Waals surface area (Å²) in [6.07, 6.45) is 2.64. The van der Waals surface area contributed by atoms with E-state index in [1.807, 2.05) is 31.0 Å². The highest BCUT2D eigenvalue weighted by Gasteiger charge is 2.36. The first-order valence-electron chi connectivity index (χ1n) is 8.22. The summed E-state index contributed by atoms with van der Waals surface area (Å²) >= 11 is 0. The largest absolute Gasteiger partial charge is 0.390 e. The molecule has 0 saturated carbocycles. The van der Waals surface area contributed by atoms with Gasteiger partial charge in [0.1, 0.15) is 0 Å². The monoisotopic (exact) mass is 339 g/mol. The van der Waals surface area contributed by atoms with Gasteiger partial charge in [0.15, 0.2) is 0 Å². The second-order valence-corrected chi connectivity index (χ2v) is 6.32. The molecule has 1 aliphatic rings. The van der Waals surface area contributed by atoms with Crippen LogP contribution in [-0.2, 0) is 0 Å². The lowest BCUT2D eigenvalue weighted by Gasteiger charge is -2.28. The second kappa shape index (κ2) is 7.13. The zero-order valence-corrected chi connectivity index (χ0v) is 14.3. The molecular weight excluding hydrogens is 318 g/mol. The van der Waals surface area contributed by atoms with E-state index in [1.165, 1.54) is 0 Å². The summed E-state index contributed by atoms with van der Waals surface area (Å²) in [6, 6.07) is 10.7. The molecule has 1 aliphatic heterocycles. The lowest BCUT2D eigenvalue weighted by molar-refractivity contribution is 0.0466. The number of carbonyl (C=O) groups excluding carboxylic acids is 2. The minimum atomic E-state index is -0.823. The molecule has 0 spiro atoms. The van der Waals surface area contributed by atoms with E-state index in [9.17, 15) is 14.7 Å². The molecule has 0 fully saturated rings. The lowest BCUT2D eigenvalue weighted by atomic mass is 10.1. The molecule has 0 bridgehead atoms. The number of fused-ring (bicyclic) bond motifs is 1. The van der Waals surface area contributed by atoms with Gasteiger partial charge in [0.05, 0.1) is 23.8 Å². The second-order valence-electron chi connectivity index (χ2n) is 6.32. The SMILES string of the molecule is C[C@@H](c1ccncc1)N(C)C[C@@H](O)CN1C(=O)c2ccccc2C1=O. The Morgan fingerprint density at radius 2 is 1.64 bits per heavy atom. The van der Waals surface area contributed by atoms with Crippen LogP contribution in [0.4, 0.5) is 0 Å². The zero-order chi connectivity index (χ0) is 18.0. The number of pyridine rings is 1. The van der Waals surface area contributed by atoms with E-state index in [0.717, 1.165) is 10.5 Å². The summed E-state index contributed by atoms with van der Waals surface area (Å²) in [4.78, 5) is 31.8. The van der Waals surface area contributed by atoms with E-state index in [4.69, 9.17) is 0 Å². The highest BCUT2D eigenvalue weighted by molar-refractivity contribution is 6.21. The number of likely N-dealkylation sites (N-methyl/N-ethyl adjacent to an activating group) is 1. The molecule has 2 amide bonds. The molecule has 1 N–H and O–H groups in total. The number of imide groups is 1. The van der Waals surface area contributed by atoms with Crippen molar-refractivity contribution in [2.24, 2.45) is 0 Å². The minimum Gasteiger partial charge on any atom is -0.390 e. The third-order valence-electron chi connectivity index (χ3n) is 4.62. The highest BCUT2D eigenvalue weighted by atomic mass is 16.3. The van der Waals surface area contributed by atoms with Crippen LogP contribution in [0.3, 0.4) is 0 Å². The maximum absolute atomic E-state index is 12.4. The van der Waals surface area contributed by atoms with Gasteiger partial charge >= 0.3 is 0 Å². The molecule has 0 unspecified atom stereocenters. The van der Waals surface area contributed by atoms with Crippen LogP contribution in [0.5, 0.6) is 0 Å². The van der Waals surface area contributed by atoms with Crippen LogP contribution < -0.4 is 0 Å². The topological polar surface area (TPSA) is 73.7 Å². The number of β-amino-alcohol motifs (C(OH)–C–C–N with tert-alkyl or cyclic N) is 1. The number of nitrogens with zero attached hydrogens (tertiary/aromatic N) is 3. The Morgan fingerprint density at radius 3 is 2.20 bits per heavy atom. The number of aromatic nitrogens is 1. The zero-order valence-electron chi connectivity index (χ0n) is 14.3. The quantitative estimate of drug-likeness (QED) is 0.812. The van der Waals surface area contributed by atoms with Crippen LogP contribution in [0.2, 0.25) is 0 Å². The summed E-state index contributed by atoms with van der Waals surface area (Å²) in [5.74, 6) is -0.686. The van der Waals surface area contributed by atoms with Gasteiger partial charge in [-0.15, -0.1) is 0 Å². The van der Waals surface area contributed by atoms with Crippen LogP contribution >= 0.6 is 0 Å². The normalized spacial score (nSPS) is 16.2. The highest BCUT2D eigenvalue weighted by Crippen LogP contribution is 2.23. The Balaban J connectivity index is 1.62. The molecule has 130 valence electrons. The van der Waals surface area contributed by atoms with Crippen molar-refractivity contribution in [2.75, 3.05) is 20.1 Å². The van der Waals surface area contributed by atoms with E-state index in [2.05, 4.69) is 4.98 Å². The van der Waals surface area contributed by atoms with Gasteiger partial charge in [0.25, 0.3) is 11.8 Å². The van der Waals surface area contributed by atoms with Crippen LogP contribution in [0.15, 0.2) is 48.8 Å². The molecule has 25 heavy (non-hydrogen) atoms. The number of aliphatic hydroxyl groups is 1. The van der Waals surface area contributed by atoms with Crippen LogP contribution in [0, 0.1) is 0 Å². The molecule has 1 aromatic heterocycles. The molecule has 3 rings (SSSR count). The molecule has 0 radical (unpaired) electrons. The predicted molar refractivity (Wildman–Crippen MR) is 93.1 cm³/mol. The fraction of sp³-hybridized carbons (Fsp3) is 0.316. The van der Waals surface area contributed by atoms with E-state index in [0.29, 0.717) is 17.7 Å². The number of rotatable bonds is 6. The van der Waals surface area contributed by atoms with Gasteiger partial charge in [-0.3, -0.25) is 24.4 Å². The van der Waals surface area contributed by atoms with E-state index >= 15 is 0 Å². The number of benzene rings is 1. The number of amides is 2. The van der Waals surface area contributed by atoms with E-state index in [1.54, 1.807) is 36.7 Å². The first-order valence-corrected chi connectivity index (χ1v) is 8.22.